The third-order valence-corrected chi connectivity index (χ3v) is 2.81. The quantitative estimate of drug-likeness (QED) is 0.695. The van der Waals surface area contributed by atoms with Gasteiger partial charge in [-0.25, -0.2) is 0 Å². The maximum Gasteiger partial charge on any atom is 0.313 e. The van der Waals surface area contributed by atoms with E-state index in [2.05, 4.69) is 0 Å². The first-order valence-electron chi connectivity index (χ1n) is 4.98. The van der Waals surface area contributed by atoms with Gasteiger partial charge in [-0.2, -0.15) is 8.78 Å². The van der Waals surface area contributed by atoms with Crippen LogP contribution in [-0.2, 0) is 6.42 Å². The van der Waals surface area contributed by atoms with Crippen molar-refractivity contribution in [3.05, 3.63) is 34.9 Å². The van der Waals surface area contributed by atoms with Gasteiger partial charge in [0.2, 0.25) is 5.78 Å². The van der Waals surface area contributed by atoms with Crippen molar-refractivity contribution in [2.24, 2.45) is 0 Å². The van der Waals surface area contributed by atoms with Crippen molar-refractivity contribution < 1.29 is 13.6 Å². The van der Waals surface area contributed by atoms with Crippen LogP contribution in [0, 0.1) is 0 Å². The molecule has 0 spiro atoms. The Hall–Kier alpha value is -1.25. The minimum absolute atomic E-state index is 0.168. The number of fused-ring (bicyclic) bond motifs is 1. The lowest BCUT2D eigenvalue weighted by Crippen LogP contribution is -2.23. The molecule has 2 rings (SSSR count). The highest BCUT2D eigenvalue weighted by Crippen LogP contribution is 2.37. The van der Waals surface area contributed by atoms with E-state index in [9.17, 15) is 13.6 Å². The maximum atomic E-state index is 13.2. The minimum Gasteiger partial charge on any atom is -0.287 e. The summed E-state index contributed by atoms with van der Waals surface area (Å²) in [7, 11) is 0. The van der Waals surface area contributed by atoms with Gasteiger partial charge in [0.05, 0.1) is 0 Å². The molecule has 0 aromatic heterocycles. The van der Waals surface area contributed by atoms with E-state index in [1.54, 1.807) is 6.07 Å². The number of alkyl halides is 2. The van der Waals surface area contributed by atoms with Gasteiger partial charge in [0.1, 0.15) is 0 Å². The standard InChI is InChI=1S/C12H12F2O/c1-7(2)8-4-3-5-9-10(8)6-12(13,14)11(9)15/h3-5,7H,6H2,1-2H3. The molecule has 0 heterocycles. The van der Waals surface area contributed by atoms with Crippen LogP contribution < -0.4 is 0 Å². The molecule has 15 heavy (non-hydrogen) atoms. The van der Waals surface area contributed by atoms with E-state index in [4.69, 9.17) is 0 Å². The van der Waals surface area contributed by atoms with Crippen molar-refractivity contribution >= 4 is 5.78 Å². The molecule has 0 saturated carbocycles. The summed E-state index contributed by atoms with van der Waals surface area (Å²) in [6, 6.07) is 4.98. The van der Waals surface area contributed by atoms with Crippen molar-refractivity contribution in [1.29, 1.82) is 0 Å². The fourth-order valence-corrected chi connectivity index (χ4v) is 2.05. The molecule has 1 aromatic rings. The molecule has 0 unspecified atom stereocenters. The Balaban J connectivity index is 2.59. The lowest BCUT2D eigenvalue weighted by Gasteiger charge is -2.10. The average Bonchev–Trinajstić information content (AvgIpc) is 2.37. The number of benzene rings is 1. The molecule has 0 atom stereocenters. The molecule has 1 aliphatic rings. The van der Waals surface area contributed by atoms with E-state index in [0.717, 1.165) is 5.56 Å². The SMILES string of the molecule is CC(C)c1cccc2c1CC(F)(F)C2=O. The van der Waals surface area contributed by atoms with Crippen molar-refractivity contribution in [2.75, 3.05) is 0 Å². The summed E-state index contributed by atoms with van der Waals surface area (Å²) < 4.78 is 26.4. The van der Waals surface area contributed by atoms with Crippen LogP contribution in [0.3, 0.4) is 0 Å². The maximum absolute atomic E-state index is 13.2. The summed E-state index contributed by atoms with van der Waals surface area (Å²) in [4.78, 5) is 11.3. The topological polar surface area (TPSA) is 17.1 Å². The van der Waals surface area contributed by atoms with Crippen LogP contribution in [0.2, 0.25) is 0 Å². The highest BCUT2D eigenvalue weighted by Gasteiger charge is 2.47. The smallest absolute Gasteiger partial charge is 0.287 e. The third-order valence-electron chi connectivity index (χ3n) is 2.81. The normalized spacial score (nSPS) is 18.3. The molecule has 0 aliphatic heterocycles. The monoisotopic (exact) mass is 210 g/mol. The van der Waals surface area contributed by atoms with Crippen LogP contribution >= 0.6 is 0 Å². The van der Waals surface area contributed by atoms with Crippen LogP contribution in [-0.4, -0.2) is 11.7 Å². The van der Waals surface area contributed by atoms with Gasteiger partial charge in [-0.1, -0.05) is 32.0 Å². The molecule has 0 saturated heterocycles. The summed E-state index contributed by atoms with van der Waals surface area (Å²) in [6.45, 7) is 3.88. The van der Waals surface area contributed by atoms with Crippen molar-refractivity contribution in [3.8, 4) is 0 Å². The number of halogens is 2. The summed E-state index contributed by atoms with van der Waals surface area (Å²) in [6.07, 6.45) is -0.435. The zero-order chi connectivity index (χ0) is 11.2. The molecule has 1 aliphatic carbocycles. The number of hydrogen-bond acceptors (Lipinski definition) is 1. The highest BCUT2D eigenvalue weighted by molar-refractivity contribution is 6.06. The van der Waals surface area contributed by atoms with Gasteiger partial charge in [-0.3, -0.25) is 4.79 Å². The largest absolute Gasteiger partial charge is 0.313 e. The van der Waals surface area contributed by atoms with Crippen molar-refractivity contribution in [2.45, 2.75) is 32.1 Å². The van der Waals surface area contributed by atoms with E-state index in [1.807, 2.05) is 19.9 Å². The van der Waals surface area contributed by atoms with Crippen LogP contribution in [0.1, 0.15) is 41.3 Å². The van der Waals surface area contributed by atoms with Crippen molar-refractivity contribution in [1.82, 2.24) is 0 Å². The predicted molar refractivity (Wildman–Crippen MR) is 53.5 cm³/mol. The second-order valence-corrected chi connectivity index (χ2v) is 4.24. The van der Waals surface area contributed by atoms with E-state index in [-0.39, 0.29) is 11.5 Å². The zero-order valence-corrected chi connectivity index (χ0v) is 8.68. The minimum atomic E-state index is -3.20. The van der Waals surface area contributed by atoms with Crippen LogP contribution in [0.4, 0.5) is 8.78 Å². The second-order valence-electron chi connectivity index (χ2n) is 4.24. The molecule has 0 radical (unpaired) electrons. The van der Waals surface area contributed by atoms with E-state index < -0.39 is 18.1 Å². The molecule has 0 bridgehead atoms. The van der Waals surface area contributed by atoms with Gasteiger partial charge in [-0.15, -0.1) is 0 Å². The van der Waals surface area contributed by atoms with Gasteiger partial charge < -0.3 is 0 Å². The zero-order valence-electron chi connectivity index (χ0n) is 8.68. The molecule has 3 heteroatoms. The Bertz CT molecular complexity index is 422. The summed E-state index contributed by atoms with van der Waals surface area (Å²) in [5.74, 6) is -4.06. The number of carbonyl (C=O) groups excluding carboxylic acids is 1. The molecule has 0 amide bonds. The average molecular weight is 210 g/mol. The number of Topliss-reactive ketones (excluding diaryl/α,β-unsaturated/α-hetero) is 1. The molecule has 1 nitrogen and oxygen atoms in total. The first-order chi connectivity index (χ1) is 6.93. The third kappa shape index (κ3) is 1.46. The van der Waals surface area contributed by atoms with Gasteiger partial charge in [-0.05, 0) is 17.0 Å². The Morgan fingerprint density at radius 2 is 2.00 bits per heavy atom. The predicted octanol–water partition coefficient (Wildman–Crippen LogP) is 3.18. The first-order valence-corrected chi connectivity index (χ1v) is 4.98. The lowest BCUT2D eigenvalue weighted by atomic mass is 9.95. The molecular formula is C12H12F2O. The Labute approximate surface area is 87.1 Å². The molecule has 0 fully saturated rings. The molecule has 80 valence electrons. The highest BCUT2D eigenvalue weighted by atomic mass is 19.3. The number of ketones is 1. The van der Waals surface area contributed by atoms with Gasteiger partial charge in [0.15, 0.2) is 0 Å². The number of rotatable bonds is 1. The van der Waals surface area contributed by atoms with Gasteiger partial charge in [0, 0.05) is 12.0 Å². The van der Waals surface area contributed by atoms with Gasteiger partial charge in [0.25, 0.3) is 0 Å². The second kappa shape index (κ2) is 3.12. The fraction of sp³-hybridized carbons (Fsp3) is 0.417. The molecule has 0 N–H and O–H groups in total. The summed E-state index contributed by atoms with van der Waals surface area (Å²) in [5, 5.41) is 0. The van der Waals surface area contributed by atoms with Gasteiger partial charge >= 0.3 is 5.92 Å². The van der Waals surface area contributed by atoms with Crippen LogP contribution in [0.5, 0.6) is 0 Å². The van der Waals surface area contributed by atoms with Crippen LogP contribution in [0.15, 0.2) is 18.2 Å². The molecule has 1 aromatic carbocycles. The molecular weight excluding hydrogens is 198 g/mol. The van der Waals surface area contributed by atoms with E-state index >= 15 is 0 Å². The fourth-order valence-electron chi connectivity index (χ4n) is 2.05. The van der Waals surface area contributed by atoms with E-state index in [1.165, 1.54) is 6.07 Å². The Kier molecular flexibility index (Phi) is 2.14. The number of hydrogen-bond donors (Lipinski definition) is 0. The number of carbonyl (C=O) groups is 1. The lowest BCUT2D eigenvalue weighted by molar-refractivity contribution is 0.0167. The Morgan fingerprint density at radius 1 is 1.33 bits per heavy atom. The van der Waals surface area contributed by atoms with Crippen molar-refractivity contribution in [3.63, 3.8) is 0 Å². The summed E-state index contributed by atoms with van der Waals surface area (Å²) in [5.41, 5.74) is 1.59. The Morgan fingerprint density at radius 3 is 2.60 bits per heavy atom. The van der Waals surface area contributed by atoms with Crippen LogP contribution in [0.25, 0.3) is 0 Å². The van der Waals surface area contributed by atoms with E-state index in [0.29, 0.717) is 5.56 Å². The first kappa shape index (κ1) is 10.3. The summed E-state index contributed by atoms with van der Waals surface area (Å²) >= 11 is 0.